The molecule has 1 amide bonds. The second kappa shape index (κ2) is 6.98. The molecule has 25 heavy (non-hydrogen) atoms. The number of sulfonamides is 1. The highest BCUT2D eigenvalue weighted by Crippen LogP contribution is 2.35. The van der Waals surface area contributed by atoms with Crippen LogP contribution in [0.5, 0.6) is 0 Å². The second-order valence-corrected chi connectivity index (χ2v) is 7.96. The number of nitrogens with one attached hydrogen (secondary N) is 1. The summed E-state index contributed by atoms with van der Waals surface area (Å²) in [5.74, 6) is -0.103. The van der Waals surface area contributed by atoms with E-state index in [0.29, 0.717) is 12.1 Å². The van der Waals surface area contributed by atoms with Gasteiger partial charge in [0.15, 0.2) is 0 Å². The fraction of sp³-hybridized carbons (Fsp3) is 0.316. The summed E-state index contributed by atoms with van der Waals surface area (Å²) in [4.78, 5) is 14.7. The average molecular weight is 358 g/mol. The number of hydrogen-bond acceptors (Lipinski definition) is 3. The third-order valence-electron chi connectivity index (χ3n) is 4.63. The number of benzene rings is 2. The van der Waals surface area contributed by atoms with Crippen molar-refractivity contribution in [2.24, 2.45) is 0 Å². The fourth-order valence-corrected chi connectivity index (χ4v) is 4.37. The molecular weight excluding hydrogens is 336 g/mol. The molecule has 5 nitrogen and oxygen atoms in total. The van der Waals surface area contributed by atoms with E-state index in [9.17, 15) is 13.2 Å². The van der Waals surface area contributed by atoms with E-state index in [1.165, 1.54) is 23.3 Å². The molecule has 1 aliphatic rings. The highest BCUT2D eigenvalue weighted by molar-refractivity contribution is 7.89. The number of hydrogen-bond donors (Lipinski definition) is 1. The van der Waals surface area contributed by atoms with E-state index in [4.69, 9.17) is 0 Å². The Labute approximate surface area is 148 Å². The Morgan fingerprint density at radius 3 is 2.52 bits per heavy atom. The van der Waals surface area contributed by atoms with Gasteiger partial charge in [-0.05, 0) is 48.2 Å². The van der Waals surface area contributed by atoms with E-state index in [1.54, 1.807) is 31.0 Å². The average Bonchev–Trinajstić information content (AvgIpc) is 3.04. The van der Waals surface area contributed by atoms with Crippen LogP contribution in [0.1, 0.15) is 40.9 Å². The van der Waals surface area contributed by atoms with Crippen molar-refractivity contribution in [3.8, 4) is 0 Å². The summed E-state index contributed by atoms with van der Waals surface area (Å²) in [5, 5.41) is 0. The van der Waals surface area contributed by atoms with Gasteiger partial charge in [-0.3, -0.25) is 4.79 Å². The standard InChI is InChI=1S/C19H22N2O3S/c1-3-20-25(23,24)16-11-8-15(9-12-16)19(22)21(2)18-13-10-14-6-4-5-7-17(14)18/h4-9,11-12,18,20H,3,10,13H2,1-2H3. The molecule has 132 valence electrons. The minimum atomic E-state index is -3.50. The predicted octanol–water partition coefficient (Wildman–Crippen LogP) is 2.74. The summed E-state index contributed by atoms with van der Waals surface area (Å²) in [7, 11) is -1.70. The van der Waals surface area contributed by atoms with Crippen molar-refractivity contribution in [2.75, 3.05) is 13.6 Å². The van der Waals surface area contributed by atoms with Crippen molar-refractivity contribution >= 4 is 15.9 Å². The van der Waals surface area contributed by atoms with Gasteiger partial charge in [-0.15, -0.1) is 0 Å². The van der Waals surface area contributed by atoms with Gasteiger partial charge in [0.1, 0.15) is 0 Å². The molecule has 2 aromatic rings. The molecule has 0 aliphatic heterocycles. The summed E-state index contributed by atoms with van der Waals surface area (Å²) in [6.07, 6.45) is 1.88. The lowest BCUT2D eigenvalue weighted by atomic mass is 10.1. The topological polar surface area (TPSA) is 66.5 Å². The number of carbonyl (C=O) groups excluding carboxylic acids is 1. The van der Waals surface area contributed by atoms with E-state index in [-0.39, 0.29) is 16.8 Å². The van der Waals surface area contributed by atoms with Gasteiger partial charge in [0, 0.05) is 19.2 Å². The lowest BCUT2D eigenvalue weighted by molar-refractivity contribution is 0.0730. The van der Waals surface area contributed by atoms with Crippen LogP contribution in [0.3, 0.4) is 0 Å². The molecule has 0 saturated carbocycles. The van der Waals surface area contributed by atoms with Crippen molar-refractivity contribution in [3.63, 3.8) is 0 Å². The summed E-state index contributed by atoms with van der Waals surface area (Å²) in [5.41, 5.74) is 2.98. The number of rotatable bonds is 5. The molecule has 3 rings (SSSR count). The summed E-state index contributed by atoms with van der Waals surface area (Å²) < 4.78 is 26.4. The second-order valence-electron chi connectivity index (χ2n) is 6.20. The molecule has 0 aromatic heterocycles. The van der Waals surface area contributed by atoms with Gasteiger partial charge < -0.3 is 4.90 Å². The van der Waals surface area contributed by atoms with Crippen molar-refractivity contribution in [2.45, 2.75) is 30.7 Å². The molecule has 1 aliphatic carbocycles. The zero-order valence-electron chi connectivity index (χ0n) is 14.4. The van der Waals surface area contributed by atoms with Crippen LogP contribution >= 0.6 is 0 Å². The van der Waals surface area contributed by atoms with Crippen molar-refractivity contribution < 1.29 is 13.2 Å². The van der Waals surface area contributed by atoms with Crippen LogP contribution in [-0.2, 0) is 16.4 Å². The fourth-order valence-electron chi connectivity index (χ4n) is 3.33. The Bertz CT molecular complexity index is 876. The molecule has 1 unspecified atom stereocenters. The first-order chi connectivity index (χ1) is 11.9. The molecule has 0 radical (unpaired) electrons. The predicted molar refractivity (Wildman–Crippen MR) is 96.9 cm³/mol. The first kappa shape index (κ1) is 17.6. The van der Waals surface area contributed by atoms with E-state index in [0.717, 1.165) is 12.8 Å². The van der Waals surface area contributed by atoms with Crippen LogP contribution in [0.25, 0.3) is 0 Å². The first-order valence-electron chi connectivity index (χ1n) is 8.38. The van der Waals surface area contributed by atoms with E-state index < -0.39 is 10.0 Å². The number of fused-ring (bicyclic) bond motifs is 1. The molecule has 2 aromatic carbocycles. The van der Waals surface area contributed by atoms with Crippen molar-refractivity contribution in [1.82, 2.24) is 9.62 Å². The molecule has 0 saturated heterocycles. The zero-order valence-corrected chi connectivity index (χ0v) is 15.2. The van der Waals surface area contributed by atoms with Crippen LogP contribution in [0.15, 0.2) is 53.4 Å². The Morgan fingerprint density at radius 2 is 1.84 bits per heavy atom. The van der Waals surface area contributed by atoms with Gasteiger partial charge in [0.25, 0.3) is 5.91 Å². The molecule has 1 atom stereocenters. The quantitative estimate of drug-likeness (QED) is 0.894. The van der Waals surface area contributed by atoms with Gasteiger partial charge in [0.05, 0.1) is 10.9 Å². The number of amides is 1. The van der Waals surface area contributed by atoms with Crippen LogP contribution in [0.4, 0.5) is 0 Å². The van der Waals surface area contributed by atoms with Crippen molar-refractivity contribution in [3.05, 3.63) is 65.2 Å². The van der Waals surface area contributed by atoms with Gasteiger partial charge in [-0.2, -0.15) is 0 Å². The van der Waals surface area contributed by atoms with Crippen LogP contribution in [0.2, 0.25) is 0 Å². The van der Waals surface area contributed by atoms with E-state index in [2.05, 4.69) is 16.9 Å². The summed E-state index contributed by atoms with van der Waals surface area (Å²) in [6, 6.07) is 14.4. The van der Waals surface area contributed by atoms with Crippen molar-refractivity contribution in [1.29, 1.82) is 0 Å². The summed E-state index contributed by atoms with van der Waals surface area (Å²) in [6.45, 7) is 2.05. The third-order valence-corrected chi connectivity index (χ3v) is 6.20. The van der Waals surface area contributed by atoms with Gasteiger partial charge in [0.2, 0.25) is 10.0 Å². The lowest BCUT2D eigenvalue weighted by Crippen LogP contribution is -2.30. The number of aryl methyl sites for hydroxylation is 1. The Morgan fingerprint density at radius 1 is 1.16 bits per heavy atom. The molecule has 6 heteroatoms. The first-order valence-corrected chi connectivity index (χ1v) is 9.87. The third kappa shape index (κ3) is 3.45. The molecule has 0 fully saturated rings. The maximum atomic E-state index is 12.8. The normalized spacial score (nSPS) is 16.5. The number of nitrogens with zero attached hydrogens (tertiary/aromatic N) is 1. The zero-order chi connectivity index (χ0) is 18.0. The number of carbonyl (C=O) groups is 1. The molecule has 1 N–H and O–H groups in total. The summed E-state index contributed by atoms with van der Waals surface area (Å²) >= 11 is 0. The maximum absolute atomic E-state index is 12.8. The lowest BCUT2D eigenvalue weighted by Gasteiger charge is -2.25. The SMILES string of the molecule is CCNS(=O)(=O)c1ccc(C(=O)N(C)C2CCc3ccccc32)cc1. The van der Waals surface area contributed by atoms with Gasteiger partial charge in [-0.1, -0.05) is 31.2 Å². The Hall–Kier alpha value is -2.18. The van der Waals surface area contributed by atoms with E-state index >= 15 is 0 Å². The highest BCUT2D eigenvalue weighted by atomic mass is 32.2. The van der Waals surface area contributed by atoms with E-state index in [1.807, 2.05) is 12.1 Å². The molecule has 0 bridgehead atoms. The van der Waals surface area contributed by atoms with Gasteiger partial charge >= 0.3 is 0 Å². The molecule has 0 spiro atoms. The van der Waals surface area contributed by atoms with Crippen LogP contribution < -0.4 is 4.72 Å². The largest absolute Gasteiger partial charge is 0.335 e. The minimum Gasteiger partial charge on any atom is -0.335 e. The van der Waals surface area contributed by atoms with Gasteiger partial charge in [-0.25, -0.2) is 13.1 Å². The monoisotopic (exact) mass is 358 g/mol. The highest BCUT2D eigenvalue weighted by Gasteiger charge is 2.28. The van der Waals surface area contributed by atoms with Crippen LogP contribution in [-0.4, -0.2) is 32.8 Å². The minimum absolute atomic E-state index is 0.0638. The Kier molecular flexibility index (Phi) is 4.92. The maximum Gasteiger partial charge on any atom is 0.254 e. The molecule has 0 heterocycles. The van der Waals surface area contributed by atoms with Crippen LogP contribution in [0, 0.1) is 0 Å². The smallest absolute Gasteiger partial charge is 0.254 e. The molecular formula is C19H22N2O3S. The Balaban J connectivity index is 1.80.